The number of benzene rings is 2. The number of thiazole rings is 1. The zero-order valence-corrected chi connectivity index (χ0v) is 21.5. The van der Waals surface area contributed by atoms with Gasteiger partial charge in [0, 0.05) is 36.5 Å². The molecule has 0 unspecified atom stereocenters. The van der Waals surface area contributed by atoms with Gasteiger partial charge in [-0.05, 0) is 47.0 Å². The van der Waals surface area contributed by atoms with E-state index in [1.807, 2.05) is 30.3 Å². The number of fused-ring (bicyclic) bond motifs is 1. The van der Waals surface area contributed by atoms with Crippen molar-refractivity contribution in [3.8, 4) is 16.5 Å². The fourth-order valence-electron chi connectivity index (χ4n) is 4.86. The van der Waals surface area contributed by atoms with Gasteiger partial charge >= 0.3 is 5.97 Å². The summed E-state index contributed by atoms with van der Waals surface area (Å²) >= 11 is 7.95. The molecule has 0 aliphatic carbocycles. The van der Waals surface area contributed by atoms with Gasteiger partial charge in [-0.25, -0.2) is 4.98 Å². The molecule has 0 radical (unpaired) electrons. The summed E-state index contributed by atoms with van der Waals surface area (Å²) in [5.74, 6) is 0.238. The third kappa shape index (κ3) is 4.47. The van der Waals surface area contributed by atoms with Crippen LogP contribution in [0.5, 0.6) is 5.75 Å². The van der Waals surface area contributed by atoms with E-state index in [4.69, 9.17) is 21.4 Å². The minimum absolute atomic E-state index is 0.333. The van der Waals surface area contributed by atoms with E-state index in [1.165, 1.54) is 11.3 Å². The first-order valence-electron chi connectivity index (χ1n) is 11.9. The molecule has 2 aliphatic rings. The van der Waals surface area contributed by atoms with Crippen LogP contribution in [0, 0.1) is 6.92 Å². The molecule has 2 aromatic heterocycles. The van der Waals surface area contributed by atoms with Gasteiger partial charge in [0.25, 0.3) is 0 Å². The Hall–Kier alpha value is -3.76. The van der Waals surface area contributed by atoms with Crippen LogP contribution in [0.4, 0.5) is 5.13 Å². The standard InChI is InChI=1S/C26H23ClN6O3S/c1-16-17(6-4-7-20(16)27)19-13-26(36-21-8-3-2-5-18(19)21)9-11-32(12-10-26)25-28-14-22(37-25)24-29-31-33(30-24)15-23(34)35/h2-8,13-14H,9-12,15H2,1H3,(H,34,35). The van der Waals surface area contributed by atoms with Crippen molar-refractivity contribution < 1.29 is 14.6 Å². The Kier molecular flexibility index (Phi) is 5.92. The van der Waals surface area contributed by atoms with Crippen LogP contribution < -0.4 is 9.64 Å². The number of para-hydroxylation sites is 1. The Bertz CT molecular complexity index is 1520. The molecular weight excluding hydrogens is 512 g/mol. The molecule has 4 heterocycles. The molecule has 0 atom stereocenters. The maximum atomic E-state index is 10.9. The SMILES string of the molecule is Cc1c(Cl)cccc1C1=CC2(CCN(c3ncc(-c4nnn(CC(=O)O)n4)s3)CC2)Oc2ccccc21. The van der Waals surface area contributed by atoms with Gasteiger partial charge in [0.15, 0.2) is 11.7 Å². The average Bonchev–Trinajstić information content (AvgIpc) is 3.55. The Morgan fingerprint density at radius 1 is 1.16 bits per heavy atom. The number of carboxylic acid groups (broad SMARTS) is 1. The highest BCUT2D eigenvalue weighted by Gasteiger charge is 2.39. The second-order valence-electron chi connectivity index (χ2n) is 9.16. The summed E-state index contributed by atoms with van der Waals surface area (Å²) < 4.78 is 6.64. The lowest BCUT2D eigenvalue weighted by atomic mass is 9.82. The van der Waals surface area contributed by atoms with Gasteiger partial charge in [0.05, 0.1) is 11.1 Å². The molecule has 1 fully saturated rings. The predicted molar refractivity (Wildman–Crippen MR) is 141 cm³/mol. The number of tetrazole rings is 1. The van der Waals surface area contributed by atoms with Crippen LogP contribution in [0.15, 0.2) is 54.7 Å². The smallest absolute Gasteiger partial charge is 0.327 e. The second kappa shape index (κ2) is 9.28. The number of aliphatic carboxylic acids is 1. The highest BCUT2D eigenvalue weighted by molar-refractivity contribution is 7.18. The van der Waals surface area contributed by atoms with Crippen LogP contribution >= 0.6 is 22.9 Å². The van der Waals surface area contributed by atoms with Crippen LogP contribution in [0.25, 0.3) is 16.3 Å². The fraction of sp³-hybridized carbons (Fsp3) is 0.269. The van der Waals surface area contributed by atoms with Crippen molar-refractivity contribution >= 4 is 39.6 Å². The number of hydrogen-bond donors (Lipinski definition) is 1. The first kappa shape index (κ1) is 23.6. The number of carboxylic acids is 1. The maximum absolute atomic E-state index is 10.9. The fourth-order valence-corrected chi connectivity index (χ4v) is 5.92. The van der Waals surface area contributed by atoms with E-state index in [-0.39, 0.29) is 6.54 Å². The summed E-state index contributed by atoms with van der Waals surface area (Å²) in [5, 5.41) is 22.5. The van der Waals surface area contributed by atoms with Crippen molar-refractivity contribution in [1.82, 2.24) is 25.2 Å². The van der Waals surface area contributed by atoms with E-state index in [0.717, 1.165) is 73.8 Å². The maximum Gasteiger partial charge on any atom is 0.327 e. The predicted octanol–water partition coefficient (Wildman–Crippen LogP) is 4.71. The molecule has 2 aliphatic heterocycles. The minimum atomic E-state index is -1.02. The lowest BCUT2D eigenvalue weighted by Crippen LogP contribution is -2.48. The number of carbonyl (C=O) groups is 1. The summed E-state index contributed by atoms with van der Waals surface area (Å²) in [7, 11) is 0. The summed E-state index contributed by atoms with van der Waals surface area (Å²) in [6.07, 6.45) is 5.59. The number of aromatic nitrogens is 5. The molecule has 4 aromatic rings. The number of anilines is 1. The lowest BCUT2D eigenvalue weighted by Gasteiger charge is -2.43. The summed E-state index contributed by atoms with van der Waals surface area (Å²) in [6.45, 7) is 3.26. The molecule has 11 heteroatoms. The Morgan fingerprint density at radius 2 is 1.95 bits per heavy atom. The molecule has 1 spiro atoms. The summed E-state index contributed by atoms with van der Waals surface area (Å²) in [5.41, 5.74) is 3.99. The number of nitrogens with zero attached hydrogens (tertiary/aromatic N) is 6. The molecule has 0 saturated carbocycles. The van der Waals surface area contributed by atoms with Crippen molar-refractivity contribution in [3.05, 3.63) is 76.5 Å². The number of ether oxygens (including phenoxy) is 1. The van der Waals surface area contributed by atoms with Gasteiger partial charge in [-0.2, -0.15) is 4.80 Å². The Morgan fingerprint density at radius 3 is 2.76 bits per heavy atom. The average molecular weight is 535 g/mol. The highest BCUT2D eigenvalue weighted by atomic mass is 35.5. The van der Waals surface area contributed by atoms with E-state index in [9.17, 15) is 4.79 Å². The van der Waals surface area contributed by atoms with Crippen LogP contribution in [0.3, 0.4) is 0 Å². The topological polar surface area (TPSA) is 106 Å². The third-order valence-corrected chi connectivity index (χ3v) is 8.24. The van der Waals surface area contributed by atoms with Crippen molar-refractivity contribution in [2.45, 2.75) is 31.9 Å². The van der Waals surface area contributed by atoms with Gasteiger partial charge in [-0.3, -0.25) is 4.79 Å². The molecule has 37 heavy (non-hydrogen) atoms. The third-order valence-electron chi connectivity index (χ3n) is 6.78. The second-order valence-corrected chi connectivity index (χ2v) is 10.6. The van der Waals surface area contributed by atoms with Gasteiger partial charge in [-0.15, -0.1) is 10.2 Å². The van der Waals surface area contributed by atoms with Crippen molar-refractivity contribution in [3.63, 3.8) is 0 Å². The van der Waals surface area contributed by atoms with E-state index in [1.54, 1.807) is 6.20 Å². The normalized spacial score (nSPS) is 16.3. The van der Waals surface area contributed by atoms with E-state index in [0.29, 0.717) is 5.82 Å². The Labute approximate surface area is 222 Å². The van der Waals surface area contributed by atoms with E-state index < -0.39 is 11.6 Å². The molecule has 0 amide bonds. The van der Waals surface area contributed by atoms with Crippen LogP contribution in [0.2, 0.25) is 5.02 Å². The zero-order chi connectivity index (χ0) is 25.6. The first-order valence-corrected chi connectivity index (χ1v) is 13.1. The quantitative estimate of drug-likeness (QED) is 0.392. The largest absolute Gasteiger partial charge is 0.482 e. The highest BCUT2D eigenvalue weighted by Crippen LogP contribution is 2.45. The summed E-state index contributed by atoms with van der Waals surface area (Å²) in [4.78, 5) is 19.5. The van der Waals surface area contributed by atoms with Gasteiger partial charge in [0.2, 0.25) is 5.82 Å². The number of halogens is 1. The molecule has 188 valence electrons. The van der Waals surface area contributed by atoms with Crippen LogP contribution in [0.1, 0.15) is 29.5 Å². The molecule has 6 rings (SSSR count). The molecule has 9 nitrogen and oxygen atoms in total. The molecule has 2 aromatic carbocycles. The van der Waals surface area contributed by atoms with Crippen molar-refractivity contribution in [1.29, 1.82) is 0 Å². The zero-order valence-electron chi connectivity index (χ0n) is 20.0. The van der Waals surface area contributed by atoms with Crippen molar-refractivity contribution in [2.75, 3.05) is 18.0 Å². The van der Waals surface area contributed by atoms with Crippen LogP contribution in [-0.2, 0) is 11.3 Å². The van der Waals surface area contributed by atoms with E-state index in [2.05, 4.69) is 50.4 Å². The molecule has 0 bridgehead atoms. The minimum Gasteiger partial charge on any atom is -0.482 e. The summed E-state index contributed by atoms with van der Waals surface area (Å²) in [6, 6.07) is 14.2. The van der Waals surface area contributed by atoms with Crippen LogP contribution in [-0.4, -0.2) is 55.0 Å². The monoisotopic (exact) mass is 534 g/mol. The van der Waals surface area contributed by atoms with Gasteiger partial charge in [0.1, 0.15) is 11.4 Å². The first-order chi connectivity index (χ1) is 17.9. The Balaban J connectivity index is 1.24. The van der Waals surface area contributed by atoms with Gasteiger partial charge in [-0.1, -0.05) is 53.3 Å². The van der Waals surface area contributed by atoms with E-state index >= 15 is 0 Å². The lowest BCUT2D eigenvalue weighted by molar-refractivity contribution is -0.138. The van der Waals surface area contributed by atoms with Crippen molar-refractivity contribution in [2.24, 2.45) is 0 Å². The van der Waals surface area contributed by atoms with Gasteiger partial charge < -0.3 is 14.7 Å². The number of hydrogen-bond acceptors (Lipinski definition) is 8. The molecule has 1 N–H and O–H groups in total. The number of piperidine rings is 1. The molecule has 1 saturated heterocycles. The molecular formula is C26H23ClN6O3S. The number of rotatable bonds is 5.